The van der Waals surface area contributed by atoms with Gasteiger partial charge in [-0.2, -0.15) is 0 Å². The van der Waals surface area contributed by atoms with Gasteiger partial charge in [-0.3, -0.25) is 4.31 Å². The van der Waals surface area contributed by atoms with Crippen LogP contribution in [0.1, 0.15) is 5.56 Å². The standard InChI is InChI=1S/C9H12N2OS.ClH/c1-13(10,12)11-7-6-8-4-2-3-5-9(8)11;/h2-5,10H,6-7H2,1H3;1H. The van der Waals surface area contributed by atoms with Crippen molar-refractivity contribution in [3.8, 4) is 0 Å². The molecule has 3 nitrogen and oxygen atoms in total. The van der Waals surface area contributed by atoms with E-state index in [0.29, 0.717) is 6.54 Å². The molecule has 0 saturated carbocycles. The van der Waals surface area contributed by atoms with Gasteiger partial charge in [0, 0.05) is 12.8 Å². The molecular formula is C9H13ClN2OS. The lowest BCUT2D eigenvalue weighted by molar-refractivity contribution is 0.676. The van der Waals surface area contributed by atoms with Crippen LogP contribution < -0.4 is 4.31 Å². The topological polar surface area (TPSA) is 44.2 Å². The summed E-state index contributed by atoms with van der Waals surface area (Å²) in [5, 5.41) is 0. The summed E-state index contributed by atoms with van der Waals surface area (Å²) in [4.78, 5) is 0. The third-order valence-corrected chi connectivity index (χ3v) is 3.49. The van der Waals surface area contributed by atoms with Crippen LogP contribution in [0.2, 0.25) is 0 Å². The highest BCUT2D eigenvalue weighted by Crippen LogP contribution is 2.29. The molecule has 0 spiro atoms. The first-order valence-corrected chi connectivity index (χ1v) is 6.11. The van der Waals surface area contributed by atoms with E-state index in [2.05, 4.69) is 0 Å². The number of fused-ring (bicyclic) bond motifs is 1. The van der Waals surface area contributed by atoms with Gasteiger partial charge in [0.1, 0.15) is 9.92 Å². The first kappa shape index (κ1) is 11.3. The Labute approximate surface area is 90.6 Å². The first-order valence-electron chi connectivity index (χ1n) is 4.18. The lowest BCUT2D eigenvalue weighted by Crippen LogP contribution is -2.26. The van der Waals surface area contributed by atoms with Gasteiger partial charge in [0.15, 0.2) is 0 Å². The van der Waals surface area contributed by atoms with E-state index in [9.17, 15) is 4.21 Å². The number of nitrogens with zero attached hydrogens (tertiary/aromatic N) is 1. The number of para-hydroxylation sites is 1. The van der Waals surface area contributed by atoms with Gasteiger partial charge in [-0.25, -0.2) is 8.99 Å². The Bertz CT molecular complexity index is 430. The fourth-order valence-electron chi connectivity index (χ4n) is 1.67. The van der Waals surface area contributed by atoms with Crippen molar-refractivity contribution < 1.29 is 4.21 Å². The molecule has 1 heterocycles. The fraction of sp³-hybridized carbons (Fsp3) is 0.333. The van der Waals surface area contributed by atoms with Gasteiger partial charge >= 0.3 is 0 Å². The molecule has 0 aliphatic carbocycles. The molecule has 78 valence electrons. The van der Waals surface area contributed by atoms with Crippen molar-refractivity contribution in [2.24, 2.45) is 0 Å². The van der Waals surface area contributed by atoms with Crippen LogP contribution in [0.15, 0.2) is 24.3 Å². The van der Waals surface area contributed by atoms with Gasteiger partial charge in [0.2, 0.25) is 0 Å². The van der Waals surface area contributed by atoms with E-state index in [1.807, 2.05) is 24.3 Å². The van der Waals surface area contributed by atoms with Crippen LogP contribution in [-0.2, 0) is 16.3 Å². The van der Waals surface area contributed by atoms with Crippen molar-refractivity contribution in [2.45, 2.75) is 6.42 Å². The van der Waals surface area contributed by atoms with Crippen molar-refractivity contribution in [2.75, 3.05) is 17.1 Å². The van der Waals surface area contributed by atoms with E-state index >= 15 is 0 Å². The average molecular weight is 233 g/mol. The molecular weight excluding hydrogens is 220 g/mol. The first-order chi connectivity index (χ1) is 6.09. The average Bonchev–Trinajstić information content (AvgIpc) is 2.45. The molecule has 1 aromatic carbocycles. The summed E-state index contributed by atoms with van der Waals surface area (Å²) in [5.41, 5.74) is 2.16. The summed E-state index contributed by atoms with van der Waals surface area (Å²) in [6.45, 7) is 0.707. The maximum atomic E-state index is 11.5. The molecule has 5 heteroatoms. The van der Waals surface area contributed by atoms with E-state index in [4.69, 9.17) is 4.78 Å². The Kier molecular flexibility index (Phi) is 3.07. The minimum Gasteiger partial charge on any atom is -0.285 e. The molecule has 1 aliphatic heterocycles. The van der Waals surface area contributed by atoms with Crippen LogP contribution in [0.5, 0.6) is 0 Å². The van der Waals surface area contributed by atoms with Crippen LogP contribution in [0.3, 0.4) is 0 Å². The molecule has 1 aliphatic rings. The van der Waals surface area contributed by atoms with E-state index in [1.165, 1.54) is 11.8 Å². The summed E-state index contributed by atoms with van der Waals surface area (Å²) in [7, 11) is -2.58. The third-order valence-electron chi connectivity index (χ3n) is 2.27. The summed E-state index contributed by atoms with van der Waals surface area (Å²) < 4.78 is 20.7. The fourth-order valence-corrected chi connectivity index (χ4v) is 2.66. The second-order valence-corrected chi connectivity index (χ2v) is 5.33. The molecule has 14 heavy (non-hydrogen) atoms. The largest absolute Gasteiger partial charge is 0.285 e. The molecule has 0 aromatic heterocycles. The summed E-state index contributed by atoms with van der Waals surface area (Å²) in [5.74, 6) is 0. The molecule has 0 amide bonds. The highest BCUT2D eigenvalue weighted by atomic mass is 35.5. The summed E-state index contributed by atoms with van der Waals surface area (Å²) in [6.07, 6.45) is 2.37. The summed E-state index contributed by atoms with van der Waals surface area (Å²) >= 11 is 0. The summed E-state index contributed by atoms with van der Waals surface area (Å²) in [6, 6.07) is 7.85. The minimum atomic E-state index is -2.58. The van der Waals surface area contributed by atoms with Gasteiger partial charge in [-0.15, -0.1) is 12.4 Å². The Balaban J connectivity index is 0.000000980. The van der Waals surface area contributed by atoms with E-state index in [0.717, 1.165) is 12.1 Å². The number of nitrogens with one attached hydrogen (secondary N) is 1. The van der Waals surface area contributed by atoms with Gasteiger partial charge in [0.25, 0.3) is 0 Å². The van der Waals surface area contributed by atoms with E-state index in [1.54, 1.807) is 4.31 Å². The van der Waals surface area contributed by atoms with Crippen LogP contribution >= 0.6 is 12.4 Å². The molecule has 1 aromatic rings. The second kappa shape index (κ2) is 3.79. The Morgan fingerprint density at radius 1 is 1.43 bits per heavy atom. The Morgan fingerprint density at radius 2 is 2.07 bits per heavy atom. The molecule has 0 fully saturated rings. The zero-order chi connectivity index (χ0) is 9.47. The van der Waals surface area contributed by atoms with Crippen LogP contribution in [0.4, 0.5) is 5.69 Å². The normalized spacial score (nSPS) is 18.2. The minimum absolute atomic E-state index is 0. The quantitative estimate of drug-likeness (QED) is 0.792. The highest BCUT2D eigenvalue weighted by molar-refractivity contribution is 7.93. The van der Waals surface area contributed by atoms with Crippen molar-refractivity contribution in [1.82, 2.24) is 0 Å². The molecule has 0 radical (unpaired) electrons. The number of anilines is 1. The monoisotopic (exact) mass is 232 g/mol. The smallest absolute Gasteiger partial charge is 0.126 e. The zero-order valence-corrected chi connectivity index (χ0v) is 9.53. The highest BCUT2D eigenvalue weighted by Gasteiger charge is 2.22. The molecule has 2 rings (SSSR count). The predicted octanol–water partition coefficient (Wildman–Crippen LogP) is 2.06. The molecule has 0 saturated heterocycles. The van der Waals surface area contributed by atoms with Crippen molar-refractivity contribution in [1.29, 1.82) is 4.78 Å². The van der Waals surface area contributed by atoms with Crippen LogP contribution in [-0.4, -0.2) is 17.0 Å². The number of benzene rings is 1. The molecule has 0 bridgehead atoms. The molecule has 1 atom stereocenters. The maximum Gasteiger partial charge on any atom is 0.126 e. The van der Waals surface area contributed by atoms with Crippen molar-refractivity contribution in [3.63, 3.8) is 0 Å². The van der Waals surface area contributed by atoms with Gasteiger partial charge < -0.3 is 0 Å². The van der Waals surface area contributed by atoms with E-state index < -0.39 is 9.92 Å². The Morgan fingerprint density at radius 3 is 2.71 bits per heavy atom. The lowest BCUT2D eigenvalue weighted by Gasteiger charge is -2.18. The van der Waals surface area contributed by atoms with E-state index in [-0.39, 0.29) is 12.4 Å². The second-order valence-electron chi connectivity index (χ2n) is 3.28. The third kappa shape index (κ3) is 1.86. The van der Waals surface area contributed by atoms with Crippen molar-refractivity contribution in [3.05, 3.63) is 29.8 Å². The molecule has 1 N–H and O–H groups in total. The van der Waals surface area contributed by atoms with Crippen molar-refractivity contribution >= 4 is 28.0 Å². The Hall–Kier alpha value is -0.740. The SMILES string of the molecule is CS(=N)(=O)N1CCc2ccccc21.Cl. The lowest BCUT2D eigenvalue weighted by atomic mass is 10.2. The number of hydrogen-bond donors (Lipinski definition) is 1. The maximum absolute atomic E-state index is 11.5. The van der Waals surface area contributed by atoms with Crippen LogP contribution in [0, 0.1) is 4.78 Å². The number of hydrogen-bond acceptors (Lipinski definition) is 2. The van der Waals surface area contributed by atoms with Gasteiger partial charge in [-0.1, -0.05) is 18.2 Å². The zero-order valence-electron chi connectivity index (χ0n) is 7.90. The molecule has 1 unspecified atom stereocenters. The van der Waals surface area contributed by atoms with Gasteiger partial charge in [0.05, 0.1) is 5.69 Å². The van der Waals surface area contributed by atoms with Crippen LogP contribution in [0.25, 0.3) is 0 Å². The number of halogens is 1. The number of rotatable bonds is 1. The van der Waals surface area contributed by atoms with Gasteiger partial charge in [-0.05, 0) is 18.1 Å². The predicted molar refractivity (Wildman–Crippen MR) is 61.5 cm³/mol.